The molecule has 0 atom stereocenters. The van der Waals surface area contributed by atoms with Gasteiger partial charge in [-0.15, -0.1) is 0 Å². The summed E-state index contributed by atoms with van der Waals surface area (Å²) in [5.41, 5.74) is 3.61. The molecule has 7 heteroatoms. The maximum atomic E-state index is 14.0. The number of alkyl halides is 3. The van der Waals surface area contributed by atoms with Crippen molar-refractivity contribution in [2.45, 2.75) is 39.5 Å². The first-order valence-corrected chi connectivity index (χ1v) is 9.92. The van der Waals surface area contributed by atoms with Crippen LogP contribution in [0.4, 0.5) is 17.6 Å². The lowest BCUT2D eigenvalue weighted by atomic mass is 9.94. The van der Waals surface area contributed by atoms with Gasteiger partial charge in [-0.2, -0.15) is 13.2 Å². The molecular weight excluding hydrogens is 410 g/mol. The van der Waals surface area contributed by atoms with Crippen LogP contribution in [0, 0.1) is 5.82 Å². The van der Waals surface area contributed by atoms with Crippen LogP contribution in [0.25, 0.3) is 11.3 Å². The minimum atomic E-state index is -4.59. The van der Waals surface area contributed by atoms with E-state index in [1.807, 2.05) is 6.07 Å². The number of hydrogen-bond donors (Lipinski definition) is 0. The topological polar surface area (TPSA) is 31.4 Å². The molecule has 31 heavy (non-hydrogen) atoms. The number of pyridine rings is 1. The Morgan fingerprint density at radius 2 is 1.58 bits per heavy atom. The number of aromatic nitrogens is 1. The molecular formula is C24H23F4NO2. The van der Waals surface area contributed by atoms with Crippen LogP contribution in [0.1, 0.15) is 36.1 Å². The zero-order valence-corrected chi connectivity index (χ0v) is 17.5. The van der Waals surface area contributed by atoms with Crippen molar-refractivity contribution >= 4 is 0 Å². The van der Waals surface area contributed by atoms with Gasteiger partial charge in [-0.1, -0.05) is 32.0 Å². The molecule has 0 spiro atoms. The van der Waals surface area contributed by atoms with Gasteiger partial charge in [0.1, 0.15) is 12.4 Å². The van der Waals surface area contributed by atoms with E-state index in [2.05, 4.69) is 31.0 Å². The molecule has 3 aromatic rings. The summed E-state index contributed by atoms with van der Waals surface area (Å²) in [7, 11) is 1.49. The molecule has 0 amide bonds. The number of ether oxygens (including phenoxy) is 2. The van der Waals surface area contributed by atoms with Gasteiger partial charge in [0.05, 0.1) is 18.4 Å². The van der Waals surface area contributed by atoms with Gasteiger partial charge in [0, 0.05) is 23.4 Å². The first-order valence-electron chi connectivity index (χ1n) is 9.92. The van der Waals surface area contributed by atoms with Crippen LogP contribution in [-0.2, 0) is 25.6 Å². The molecule has 0 N–H and O–H groups in total. The van der Waals surface area contributed by atoms with Crippen molar-refractivity contribution in [2.75, 3.05) is 7.11 Å². The molecule has 1 heterocycles. The highest BCUT2D eigenvalue weighted by molar-refractivity contribution is 5.69. The summed E-state index contributed by atoms with van der Waals surface area (Å²) >= 11 is 0. The van der Waals surface area contributed by atoms with E-state index in [9.17, 15) is 17.6 Å². The zero-order chi connectivity index (χ0) is 22.6. The SMILES string of the molecule is CCc1cccc(CC)c1-c1cc(OC)c(COc2cc(C(F)(F)F)ccc2F)cn1. The third-order valence-electron chi connectivity index (χ3n) is 5.06. The minimum Gasteiger partial charge on any atom is -0.496 e. The van der Waals surface area contributed by atoms with E-state index in [1.54, 1.807) is 12.3 Å². The van der Waals surface area contributed by atoms with Crippen molar-refractivity contribution in [1.82, 2.24) is 4.98 Å². The van der Waals surface area contributed by atoms with Gasteiger partial charge >= 0.3 is 6.18 Å². The Morgan fingerprint density at radius 3 is 2.16 bits per heavy atom. The first-order chi connectivity index (χ1) is 14.8. The molecule has 2 aromatic carbocycles. The molecule has 0 fully saturated rings. The van der Waals surface area contributed by atoms with Crippen molar-refractivity contribution in [3.63, 3.8) is 0 Å². The largest absolute Gasteiger partial charge is 0.496 e. The van der Waals surface area contributed by atoms with Gasteiger partial charge in [0.25, 0.3) is 0 Å². The van der Waals surface area contributed by atoms with Crippen LogP contribution in [0.3, 0.4) is 0 Å². The van der Waals surface area contributed by atoms with Gasteiger partial charge in [0.2, 0.25) is 0 Å². The van der Waals surface area contributed by atoms with Crippen LogP contribution in [0.15, 0.2) is 48.7 Å². The second kappa shape index (κ2) is 9.37. The molecule has 0 saturated heterocycles. The molecule has 1 aromatic heterocycles. The quantitative estimate of drug-likeness (QED) is 0.393. The number of nitrogens with zero attached hydrogens (tertiary/aromatic N) is 1. The van der Waals surface area contributed by atoms with Crippen molar-refractivity contribution in [1.29, 1.82) is 0 Å². The van der Waals surface area contributed by atoms with Crippen LogP contribution in [0.5, 0.6) is 11.5 Å². The fraction of sp³-hybridized carbons (Fsp3) is 0.292. The smallest absolute Gasteiger partial charge is 0.416 e. The lowest BCUT2D eigenvalue weighted by molar-refractivity contribution is -0.137. The van der Waals surface area contributed by atoms with E-state index in [-0.39, 0.29) is 6.61 Å². The Morgan fingerprint density at radius 1 is 0.903 bits per heavy atom. The summed E-state index contributed by atoms with van der Waals surface area (Å²) < 4.78 is 63.5. The Balaban J connectivity index is 1.91. The number of benzene rings is 2. The summed E-state index contributed by atoms with van der Waals surface area (Å²) in [4.78, 5) is 4.53. The average molecular weight is 433 g/mol. The standard InChI is InChI=1S/C24H23F4NO2/c1-4-15-7-6-8-16(5-2)23(15)20-12-21(30-3)17(13-29-20)14-31-22-11-18(24(26,27)28)9-10-19(22)25/h6-13H,4-5,14H2,1-3H3. The average Bonchev–Trinajstić information content (AvgIpc) is 2.77. The fourth-order valence-electron chi connectivity index (χ4n) is 3.42. The Bertz CT molecular complexity index is 1040. The van der Waals surface area contributed by atoms with E-state index < -0.39 is 23.3 Å². The first kappa shape index (κ1) is 22.6. The summed E-state index contributed by atoms with van der Waals surface area (Å²) in [6, 6.07) is 9.96. The van der Waals surface area contributed by atoms with Gasteiger partial charge in [-0.05, 0) is 42.2 Å². The van der Waals surface area contributed by atoms with E-state index in [4.69, 9.17) is 9.47 Å². The van der Waals surface area contributed by atoms with Gasteiger partial charge < -0.3 is 9.47 Å². The molecule has 0 radical (unpaired) electrons. The van der Waals surface area contributed by atoms with Crippen LogP contribution < -0.4 is 9.47 Å². The maximum absolute atomic E-state index is 14.0. The lowest BCUT2D eigenvalue weighted by Gasteiger charge is -2.16. The molecule has 3 rings (SSSR count). The minimum absolute atomic E-state index is 0.190. The molecule has 3 nitrogen and oxygen atoms in total. The Labute approximate surface area is 178 Å². The Kier molecular flexibility index (Phi) is 6.83. The monoisotopic (exact) mass is 433 g/mol. The van der Waals surface area contributed by atoms with Crippen molar-refractivity contribution in [3.8, 4) is 22.8 Å². The van der Waals surface area contributed by atoms with Gasteiger partial charge in [-0.25, -0.2) is 4.39 Å². The number of aryl methyl sites for hydroxylation is 2. The zero-order valence-electron chi connectivity index (χ0n) is 17.5. The molecule has 0 aliphatic carbocycles. The third-order valence-corrected chi connectivity index (χ3v) is 5.06. The molecule has 0 aliphatic rings. The number of hydrogen-bond acceptors (Lipinski definition) is 3. The molecule has 0 saturated carbocycles. The number of methoxy groups -OCH3 is 1. The summed E-state index contributed by atoms with van der Waals surface area (Å²) in [6.07, 6.45) is -1.36. The molecule has 0 bridgehead atoms. The van der Waals surface area contributed by atoms with E-state index in [1.165, 1.54) is 7.11 Å². The number of rotatable bonds is 7. The van der Waals surface area contributed by atoms with Crippen molar-refractivity contribution in [2.24, 2.45) is 0 Å². The second-order valence-electron chi connectivity index (χ2n) is 6.97. The summed E-state index contributed by atoms with van der Waals surface area (Å²) in [5.74, 6) is -0.892. The van der Waals surface area contributed by atoms with E-state index >= 15 is 0 Å². The highest BCUT2D eigenvalue weighted by atomic mass is 19.4. The van der Waals surface area contributed by atoms with Crippen LogP contribution >= 0.6 is 0 Å². The predicted octanol–water partition coefficient (Wildman–Crippen LogP) is 6.62. The third kappa shape index (κ3) is 4.98. The van der Waals surface area contributed by atoms with Crippen molar-refractivity contribution < 1.29 is 27.0 Å². The normalized spacial score (nSPS) is 11.5. The molecule has 164 valence electrons. The van der Waals surface area contributed by atoms with Crippen LogP contribution in [-0.4, -0.2) is 12.1 Å². The van der Waals surface area contributed by atoms with Crippen LogP contribution in [0.2, 0.25) is 0 Å². The van der Waals surface area contributed by atoms with Gasteiger partial charge in [-0.3, -0.25) is 4.98 Å². The van der Waals surface area contributed by atoms with Gasteiger partial charge in [0.15, 0.2) is 11.6 Å². The molecule has 0 unspecified atom stereocenters. The summed E-state index contributed by atoms with van der Waals surface area (Å²) in [6.45, 7) is 3.95. The van der Waals surface area contributed by atoms with Crippen molar-refractivity contribution in [3.05, 3.63) is 76.7 Å². The summed E-state index contributed by atoms with van der Waals surface area (Å²) in [5, 5.41) is 0. The fourth-order valence-corrected chi connectivity index (χ4v) is 3.42. The Hall–Kier alpha value is -3.09. The number of halogens is 4. The second-order valence-corrected chi connectivity index (χ2v) is 6.97. The highest BCUT2D eigenvalue weighted by Gasteiger charge is 2.31. The lowest BCUT2D eigenvalue weighted by Crippen LogP contribution is -2.07. The predicted molar refractivity (Wildman–Crippen MR) is 111 cm³/mol. The maximum Gasteiger partial charge on any atom is 0.416 e. The molecule has 0 aliphatic heterocycles. The highest BCUT2D eigenvalue weighted by Crippen LogP contribution is 2.34. The van der Waals surface area contributed by atoms with E-state index in [0.717, 1.165) is 41.3 Å². The van der Waals surface area contributed by atoms with E-state index in [0.29, 0.717) is 23.4 Å².